The fourth-order valence-electron chi connectivity index (χ4n) is 1.64. The Bertz CT molecular complexity index is 562. The number of ether oxygens (including phenoxy) is 1. The topological polar surface area (TPSA) is 59.9 Å². The minimum atomic E-state index is 0.636. The molecular formula is C13H15BrN4O. The molecule has 0 bridgehead atoms. The molecule has 0 aliphatic heterocycles. The quantitative estimate of drug-likeness (QED) is 0.857. The van der Waals surface area contributed by atoms with E-state index in [1.165, 1.54) is 0 Å². The highest BCUT2D eigenvalue weighted by Gasteiger charge is 2.05. The van der Waals surface area contributed by atoms with Crippen molar-refractivity contribution in [3.63, 3.8) is 0 Å². The van der Waals surface area contributed by atoms with E-state index in [1.807, 2.05) is 19.1 Å². The number of nitrogens with zero attached hydrogens (tertiary/aromatic N) is 3. The van der Waals surface area contributed by atoms with Crippen LogP contribution in [0.2, 0.25) is 0 Å². The molecule has 5 nitrogen and oxygen atoms in total. The molecule has 2 heterocycles. The van der Waals surface area contributed by atoms with Gasteiger partial charge < -0.3 is 10.1 Å². The molecule has 0 saturated heterocycles. The predicted molar refractivity (Wildman–Crippen MR) is 78.1 cm³/mol. The van der Waals surface area contributed by atoms with E-state index in [2.05, 4.69) is 36.2 Å². The molecule has 0 atom stereocenters. The van der Waals surface area contributed by atoms with Crippen LogP contribution in [0.15, 0.2) is 29.0 Å². The van der Waals surface area contributed by atoms with E-state index in [9.17, 15) is 0 Å². The van der Waals surface area contributed by atoms with E-state index in [0.29, 0.717) is 13.2 Å². The van der Waals surface area contributed by atoms with Crippen LogP contribution < -0.4 is 5.32 Å². The second kappa shape index (κ2) is 6.58. The van der Waals surface area contributed by atoms with E-state index in [1.54, 1.807) is 19.5 Å². The van der Waals surface area contributed by atoms with Crippen molar-refractivity contribution in [3.8, 4) is 11.3 Å². The van der Waals surface area contributed by atoms with Gasteiger partial charge >= 0.3 is 0 Å². The minimum Gasteiger partial charge on any atom is -0.383 e. The molecule has 0 unspecified atom stereocenters. The van der Waals surface area contributed by atoms with Crippen molar-refractivity contribution in [3.05, 3.63) is 34.8 Å². The van der Waals surface area contributed by atoms with Gasteiger partial charge in [0.05, 0.1) is 12.3 Å². The summed E-state index contributed by atoms with van der Waals surface area (Å²) in [5, 5.41) is 3.20. The fraction of sp³-hybridized carbons (Fsp3) is 0.308. The molecule has 2 aromatic heterocycles. The van der Waals surface area contributed by atoms with Gasteiger partial charge in [-0.05, 0) is 28.9 Å². The second-order valence-electron chi connectivity index (χ2n) is 4.00. The summed E-state index contributed by atoms with van der Waals surface area (Å²) >= 11 is 3.41. The molecule has 6 heteroatoms. The highest BCUT2D eigenvalue weighted by molar-refractivity contribution is 9.10. The first-order valence-electron chi connectivity index (χ1n) is 5.88. The van der Waals surface area contributed by atoms with Gasteiger partial charge in [-0.15, -0.1) is 0 Å². The monoisotopic (exact) mass is 322 g/mol. The molecule has 0 spiro atoms. The van der Waals surface area contributed by atoms with Gasteiger partial charge in [0.2, 0.25) is 0 Å². The number of halogens is 1. The zero-order chi connectivity index (χ0) is 13.7. The van der Waals surface area contributed by atoms with Crippen LogP contribution in [-0.4, -0.2) is 35.2 Å². The van der Waals surface area contributed by atoms with Crippen molar-refractivity contribution in [2.24, 2.45) is 0 Å². The van der Waals surface area contributed by atoms with Gasteiger partial charge in [0.1, 0.15) is 11.6 Å². The number of rotatable bonds is 5. The number of aromatic nitrogens is 3. The van der Waals surface area contributed by atoms with Crippen molar-refractivity contribution in [1.82, 2.24) is 15.0 Å². The van der Waals surface area contributed by atoms with Gasteiger partial charge in [-0.3, -0.25) is 4.98 Å². The third kappa shape index (κ3) is 3.97. The summed E-state index contributed by atoms with van der Waals surface area (Å²) in [6.45, 7) is 3.22. The fourth-order valence-corrected chi connectivity index (χ4v) is 2.00. The third-order valence-electron chi connectivity index (χ3n) is 2.45. The maximum Gasteiger partial charge on any atom is 0.130 e. The van der Waals surface area contributed by atoms with Crippen LogP contribution in [0, 0.1) is 6.92 Å². The molecule has 0 aromatic carbocycles. The molecule has 0 amide bonds. The predicted octanol–water partition coefficient (Wildman–Crippen LogP) is 2.67. The molecule has 1 N–H and O–H groups in total. The molecule has 0 radical (unpaired) electrons. The number of anilines is 1. The highest BCUT2D eigenvalue weighted by atomic mass is 79.9. The van der Waals surface area contributed by atoms with Gasteiger partial charge in [-0.25, -0.2) is 9.97 Å². The van der Waals surface area contributed by atoms with Crippen LogP contribution in [-0.2, 0) is 4.74 Å². The van der Waals surface area contributed by atoms with E-state index >= 15 is 0 Å². The Morgan fingerprint density at radius 2 is 2.11 bits per heavy atom. The SMILES string of the molecule is COCCNc1cc(-c2cncc(Br)c2)nc(C)n1. The molecular weight excluding hydrogens is 308 g/mol. The summed E-state index contributed by atoms with van der Waals surface area (Å²) in [6, 6.07) is 3.89. The molecule has 0 aliphatic rings. The number of hydrogen-bond donors (Lipinski definition) is 1. The molecule has 0 saturated carbocycles. The van der Waals surface area contributed by atoms with Crippen LogP contribution in [0.4, 0.5) is 5.82 Å². The molecule has 2 rings (SSSR count). The lowest BCUT2D eigenvalue weighted by molar-refractivity contribution is 0.210. The Balaban J connectivity index is 2.26. The summed E-state index contributed by atoms with van der Waals surface area (Å²) in [4.78, 5) is 12.9. The first kappa shape index (κ1) is 13.9. The molecule has 0 aliphatic carbocycles. The normalized spacial score (nSPS) is 10.5. The zero-order valence-corrected chi connectivity index (χ0v) is 12.4. The Hall–Kier alpha value is -1.53. The van der Waals surface area contributed by atoms with Crippen molar-refractivity contribution >= 4 is 21.7 Å². The summed E-state index contributed by atoms with van der Waals surface area (Å²) in [5.41, 5.74) is 1.80. The number of nitrogens with one attached hydrogen (secondary N) is 1. The highest BCUT2D eigenvalue weighted by Crippen LogP contribution is 2.21. The van der Waals surface area contributed by atoms with Crippen LogP contribution in [0.5, 0.6) is 0 Å². The first-order valence-corrected chi connectivity index (χ1v) is 6.68. The van der Waals surface area contributed by atoms with E-state index in [-0.39, 0.29) is 0 Å². The molecule has 100 valence electrons. The van der Waals surface area contributed by atoms with Crippen molar-refractivity contribution < 1.29 is 4.74 Å². The maximum atomic E-state index is 5.00. The summed E-state index contributed by atoms with van der Waals surface area (Å²) in [6.07, 6.45) is 3.53. The van der Waals surface area contributed by atoms with E-state index in [0.717, 1.165) is 27.4 Å². The first-order chi connectivity index (χ1) is 9.19. The van der Waals surface area contributed by atoms with E-state index in [4.69, 9.17) is 4.74 Å². The molecule has 0 fully saturated rings. The van der Waals surface area contributed by atoms with Crippen LogP contribution in [0.1, 0.15) is 5.82 Å². The summed E-state index contributed by atoms with van der Waals surface area (Å²) < 4.78 is 5.93. The third-order valence-corrected chi connectivity index (χ3v) is 2.88. The van der Waals surface area contributed by atoms with E-state index < -0.39 is 0 Å². The van der Waals surface area contributed by atoms with Gasteiger partial charge in [0.25, 0.3) is 0 Å². The lowest BCUT2D eigenvalue weighted by Gasteiger charge is -2.08. The van der Waals surface area contributed by atoms with Crippen LogP contribution >= 0.6 is 15.9 Å². The average Bonchev–Trinajstić information content (AvgIpc) is 2.38. The Morgan fingerprint density at radius 3 is 2.84 bits per heavy atom. The number of methoxy groups -OCH3 is 1. The minimum absolute atomic E-state index is 0.636. The smallest absolute Gasteiger partial charge is 0.130 e. The largest absolute Gasteiger partial charge is 0.383 e. The molecule has 19 heavy (non-hydrogen) atoms. The maximum absolute atomic E-state index is 5.00. The number of aryl methyl sites for hydroxylation is 1. The Labute approximate surface area is 120 Å². The number of hydrogen-bond acceptors (Lipinski definition) is 5. The van der Waals surface area contributed by atoms with Gasteiger partial charge in [-0.1, -0.05) is 0 Å². The Kier molecular flexibility index (Phi) is 4.81. The average molecular weight is 323 g/mol. The summed E-state index contributed by atoms with van der Waals surface area (Å²) in [5.74, 6) is 1.51. The number of pyridine rings is 1. The van der Waals surface area contributed by atoms with Crippen molar-refractivity contribution in [2.75, 3.05) is 25.6 Å². The zero-order valence-electron chi connectivity index (χ0n) is 10.9. The van der Waals surface area contributed by atoms with Crippen LogP contribution in [0.25, 0.3) is 11.3 Å². The van der Waals surface area contributed by atoms with Crippen molar-refractivity contribution in [1.29, 1.82) is 0 Å². The van der Waals surface area contributed by atoms with Gasteiger partial charge in [0.15, 0.2) is 0 Å². The van der Waals surface area contributed by atoms with Crippen molar-refractivity contribution in [2.45, 2.75) is 6.92 Å². The molecule has 2 aromatic rings. The van der Waals surface area contributed by atoms with Gasteiger partial charge in [-0.2, -0.15) is 0 Å². The standard InChI is InChI=1S/C13H15BrN4O/c1-9-17-12(10-5-11(14)8-15-7-10)6-13(18-9)16-3-4-19-2/h5-8H,3-4H2,1-2H3,(H,16,17,18). The second-order valence-corrected chi connectivity index (χ2v) is 4.91. The Morgan fingerprint density at radius 1 is 1.26 bits per heavy atom. The van der Waals surface area contributed by atoms with Crippen LogP contribution in [0.3, 0.4) is 0 Å². The lowest BCUT2D eigenvalue weighted by atomic mass is 10.2. The lowest BCUT2D eigenvalue weighted by Crippen LogP contribution is -2.09. The van der Waals surface area contributed by atoms with Gasteiger partial charge in [0, 0.05) is 42.2 Å². The summed E-state index contributed by atoms with van der Waals surface area (Å²) in [7, 11) is 1.67.